The van der Waals surface area contributed by atoms with Gasteiger partial charge in [-0.15, -0.1) is 13.2 Å². The van der Waals surface area contributed by atoms with Gasteiger partial charge in [0, 0.05) is 29.2 Å². The van der Waals surface area contributed by atoms with Crippen LogP contribution in [0.3, 0.4) is 0 Å². The van der Waals surface area contributed by atoms with E-state index in [1.165, 1.54) is 12.1 Å². The van der Waals surface area contributed by atoms with Gasteiger partial charge in [-0.2, -0.15) is 0 Å². The summed E-state index contributed by atoms with van der Waals surface area (Å²) >= 11 is 0. The molecule has 0 fully saturated rings. The number of H-pyrrole nitrogens is 1. The fourth-order valence-corrected chi connectivity index (χ4v) is 2.55. The van der Waals surface area contributed by atoms with Crippen molar-refractivity contribution in [3.63, 3.8) is 0 Å². The number of aromatic amines is 1. The molecule has 130 valence electrons. The number of para-hydroxylation sites is 1. The van der Waals surface area contributed by atoms with Crippen molar-refractivity contribution in [2.75, 3.05) is 5.32 Å². The zero-order chi connectivity index (χ0) is 17.9. The maximum absolute atomic E-state index is 12.1. The Hall–Kier alpha value is -2.96. The molecule has 1 amide bonds. The smallest absolute Gasteiger partial charge is 0.406 e. The lowest BCUT2D eigenvalue weighted by atomic mass is 10.1. The standard InChI is InChI=1S/C18H15F3N2O2/c19-18(20,21)25-14-8-6-13(7-9-14)23-17(24)10-5-12-11-22-16-4-2-1-3-15(12)16/h1-4,6-9,11,22H,5,10H2,(H,23,24). The van der Waals surface area contributed by atoms with Crippen molar-refractivity contribution < 1.29 is 22.7 Å². The summed E-state index contributed by atoms with van der Waals surface area (Å²) in [5.41, 5.74) is 2.47. The van der Waals surface area contributed by atoms with Crippen molar-refractivity contribution in [3.8, 4) is 5.75 Å². The zero-order valence-corrected chi connectivity index (χ0v) is 13.1. The Labute approximate surface area is 141 Å². The van der Waals surface area contributed by atoms with E-state index in [0.29, 0.717) is 12.1 Å². The summed E-state index contributed by atoms with van der Waals surface area (Å²) < 4.78 is 40.1. The van der Waals surface area contributed by atoms with Crippen molar-refractivity contribution >= 4 is 22.5 Å². The molecule has 0 aliphatic carbocycles. The van der Waals surface area contributed by atoms with Gasteiger partial charge in [0.2, 0.25) is 5.91 Å². The van der Waals surface area contributed by atoms with E-state index in [0.717, 1.165) is 28.6 Å². The first-order chi connectivity index (χ1) is 11.9. The maximum atomic E-state index is 12.1. The maximum Gasteiger partial charge on any atom is 0.573 e. The fourth-order valence-electron chi connectivity index (χ4n) is 2.55. The summed E-state index contributed by atoms with van der Waals surface area (Å²) in [6.07, 6.45) is -2.03. The number of aryl methyl sites for hydroxylation is 1. The second-order valence-corrected chi connectivity index (χ2v) is 5.48. The number of halogens is 3. The first-order valence-electron chi connectivity index (χ1n) is 7.61. The van der Waals surface area contributed by atoms with Crippen LogP contribution in [0.2, 0.25) is 0 Å². The third kappa shape index (κ3) is 4.53. The highest BCUT2D eigenvalue weighted by molar-refractivity contribution is 5.91. The number of hydrogen-bond acceptors (Lipinski definition) is 2. The molecule has 3 aromatic rings. The number of amides is 1. The number of fused-ring (bicyclic) bond motifs is 1. The molecule has 0 unspecified atom stereocenters. The highest BCUT2D eigenvalue weighted by Gasteiger charge is 2.30. The minimum Gasteiger partial charge on any atom is -0.406 e. The van der Waals surface area contributed by atoms with E-state index >= 15 is 0 Å². The number of ether oxygens (including phenoxy) is 1. The molecule has 25 heavy (non-hydrogen) atoms. The van der Waals surface area contributed by atoms with Crippen molar-refractivity contribution in [1.29, 1.82) is 0 Å². The van der Waals surface area contributed by atoms with Crippen LogP contribution in [0.15, 0.2) is 54.7 Å². The number of anilines is 1. The average Bonchev–Trinajstić information content (AvgIpc) is 2.97. The van der Waals surface area contributed by atoms with Crippen LogP contribution < -0.4 is 10.1 Å². The van der Waals surface area contributed by atoms with Crippen LogP contribution >= 0.6 is 0 Å². The quantitative estimate of drug-likeness (QED) is 0.706. The van der Waals surface area contributed by atoms with Gasteiger partial charge in [-0.25, -0.2) is 0 Å². The Morgan fingerprint density at radius 2 is 1.80 bits per heavy atom. The number of carbonyl (C=O) groups excluding carboxylic acids is 1. The van der Waals surface area contributed by atoms with Crippen LogP contribution in [0.1, 0.15) is 12.0 Å². The van der Waals surface area contributed by atoms with Crippen LogP contribution in [-0.4, -0.2) is 17.3 Å². The first kappa shape index (κ1) is 16.9. The lowest BCUT2D eigenvalue weighted by Gasteiger charge is -2.10. The molecule has 1 aromatic heterocycles. The third-order valence-electron chi connectivity index (χ3n) is 3.67. The molecule has 1 heterocycles. The van der Waals surface area contributed by atoms with E-state index < -0.39 is 6.36 Å². The fraction of sp³-hybridized carbons (Fsp3) is 0.167. The topological polar surface area (TPSA) is 54.1 Å². The second-order valence-electron chi connectivity index (χ2n) is 5.48. The van der Waals surface area contributed by atoms with Gasteiger partial charge in [-0.3, -0.25) is 4.79 Å². The van der Waals surface area contributed by atoms with Crippen LogP contribution in [0.4, 0.5) is 18.9 Å². The molecule has 0 aliphatic heterocycles. The number of alkyl halides is 3. The lowest BCUT2D eigenvalue weighted by Crippen LogP contribution is -2.17. The number of nitrogens with one attached hydrogen (secondary N) is 2. The summed E-state index contributed by atoms with van der Waals surface area (Å²) in [5.74, 6) is -0.543. The molecule has 4 nitrogen and oxygen atoms in total. The summed E-state index contributed by atoms with van der Waals surface area (Å²) in [7, 11) is 0. The molecular weight excluding hydrogens is 333 g/mol. The highest BCUT2D eigenvalue weighted by atomic mass is 19.4. The summed E-state index contributed by atoms with van der Waals surface area (Å²) in [5, 5.41) is 3.73. The van der Waals surface area contributed by atoms with E-state index in [1.54, 1.807) is 0 Å². The molecule has 0 saturated carbocycles. The second kappa shape index (κ2) is 6.88. The van der Waals surface area contributed by atoms with E-state index in [4.69, 9.17) is 0 Å². The SMILES string of the molecule is O=C(CCc1c[nH]c2ccccc12)Nc1ccc(OC(F)(F)F)cc1. The Morgan fingerprint density at radius 1 is 1.08 bits per heavy atom. The van der Waals surface area contributed by atoms with Crippen LogP contribution in [0, 0.1) is 0 Å². The zero-order valence-electron chi connectivity index (χ0n) is 13.1. The van der Waals surface area contributed by atoms with Gasteiger partial charge >= 0.3 is 6.36 Å². The van der Waals surface area contributed by atoms with E-state index in [1.807, 2.05) is 30.5 Å². The number of hydrogen-bond donors (Lipinski definition) is 2. The molecule has 3 rings (SSSR count). The normalized spacial score (nSPS) is 11.5. The van der Waals surface area contributed by atoms with Gasteiger partial charge in [-0.1, -0.05) is 18.2 Å². The van der Waals surface area contributed by atoms with E-state index in [2.05, 4.69) is 15.0 Å². The minimum atomic E-state index is -4.73. The summed E-state index contributed by atoms with van der Waals surface area (Å²) in [4.78, 5) is 15.2. The Balaban J connectivity index is 1.56. The highest BCUT2D eigenvalue weighted by Crippen LogP contribution is 2.24. The van der Waals surface area contributed by atoms with Crippen LogP contribution in [0.5, 0.6) is 5.75 Å². The lowest BCUT2D eigenvalue weighted by molar-refractivity contribution is -0.274. The van der Waals surface area contributed by atoms with E-state index in [-0.39, 0.29) is 18.1 Å². The van der Waals surface area contributed by atoms with Gasteiger partial charge in [0.05, 0.1) is 0 Å². The van der Waals surface area contributed by atoms with Crippen LogP contribution in [0.25, 0.3) is 10.9 Å². The largest absolute Gasteiger partial charge is 0.573 e. The number of rotatable bonds is 5. The third-order valence-corrected chi connectivity index (χ3v) is 3.67. The molecular formula is C18H15F3N2O2. The van der Waals surface area contributed by atoms with Gasteiger partial charge in [-0.05, 0) is 42.3 Å². The monoisotopic (exact) mass is 348 g/mol. The minimum absolute atomic E-state index is 0.213. The number of aromatic nitrogens is 1. The molecule has 2 aromatic carbocycles. The van der Waals surface area contributed by atoms with E-state index in [9.17, 15) is 18.0 Å². The molecule has 0 bridgehead atoms. The number of benzene rings is 2. The Kier molecular flexibility index (Phi) is 4.65. The molecule has 2 N–H and O–H groups in total. The molecule has 0 saturated heterocycles. The molecule has 0 radical (unpaired) electrons. The predicted octanol–water partition coefficient (Wildman–Crippen LogP) is 4.64. The average molecular weight is 348 g/mol. The number of carbonyl (C=O) groups is 1. The summed E-state index contributed by atoms with van der Waals surface area (Å²) in [6, 6.07) is 12.9. The van der Waals surface area contributed by atoms with Gasteiger partial charge < -0.3 is 15.0 Å². The summed E-state index contributed by atoms with van der Waals surface area (Å²) in [6.45, 7) is 0. The molecule has 7 heteroatoms. The van der Waals surface area contributed by atoms with Gasteiger partial charge in [0.25, 0.3) is 0 Å². The van der Waals surface area contributed by atoms with Crippen molar-refractivity contribution in [1.82, 2.24) is 4.98 Å². The van der Waals surface area contributed by atoms with Gasteiger partial charge in [0.1, 0.15) is 5.75 Å². The Morgan fingerprint density at radius 3 is 2.52 bits per heavy atom. The molecule has 0 aliphatic rings. The first-order valence-corrected chi connectivity index (χ1v) is 7.61. The van der Waals surface area contributed by atoms with Crippen molar-refractivity contribution in [2.24, 2.45) is 0 Å². The molecule has 0 atom stereocenters. The van der Waals surface area contributed by atoms with Crippen molar-refractivity contribution in [3.05, 3.63) is 60.3 Å². The predicted molar refractivity (Wildman–Crippen MR) is 88.4 cm³/mol. The molecule has 0 spiro atoms. The van der Waals surface area contributed by atoms with Crippen molar-refractivity contribution in [2.45, 2.75) is 19.2 Å². The Bertz CT molecular complexity index is 870. The van der Waals surface area contributed by atoms with Crippen LogP contribution in [-0.2, 0) is 11.2 Å². The van der Waals surface area contributed by atoms with Gasteiger partial charge in [0.15, 0.2) is 0 Å².